The number of hydrogen-bond acceptors (Lipinski definition) is 7. The van der Waals surface area contributed by atoms with Gasteiger partial charge in [0.25, 0.3) is 0 Å². The number of anilines is 1. The highest BCUT2D eigenvalue weighted by Gasteiger charge is 2.21. The molecule has 0 saturated carbocycles. The summed E-state index contributed by atoms with van der Waals surface area (Å²) < 4.78 is 10.3. The standard InChI is InChI=1S/C23H24N2O4S2/c1-3-29-22(27)21-20(16-8-5-4-6-9-16)25-23(31-21)24-19(26)10-7-15-30-18-13-11-17(28-2)12-14-18/h4-6,8-9,11-14H,3,7,10,15H2,1-2H3,(H,24,25,26). The normalized spacial score (nSPS) is 10.5. The maximum atomic E-state index is 12.4. The first kappa shape index (κ1) is 22.8. The molecule has 0 unspecified atom stereocenters. The lowest BCUT2D eigenvalue weighted by molar-refractivity contribution is -0.116. The second-order valence-electron chi connectivity index (χ2n) is 6.46. The minimum atomic E-state index is -0.435. The second kappa shape index (κ2) is 11.5. The molecule has 6 nitrogen and oxygen atoms in total. The van der Waals surface area contributed by atoms with E-state index in [1.807, 2.05) is 54.6 Å². The quantitative estimate of drug-likeness (QED) is 0.246. The molecular weight excluding hydrogens is 432 g/mol. The van der Waals surface area contributed by atoms with Crippen LogP contribution in [0.5, 0.6) is 5.75 Å². The van der Waals surface area contributed by atoms with Crippen LogP contribution >= 0.6 is 23.1 Å². The predicted molar refractivity (Wildman–Crippen MR) is 125 cm³/mol. The number of hydrogen-bond donors (Lipinski definition) is 1. The molecule has 3 rings (SSSR count). The van der Waals surface area contributed by atoms with Crippen molar-refractivity contribution in [2.45, 2.75) is 24.7 Å². The summed E-state index contributed by atoms with van der Waals surface area (Å²) in [5.41, 5.74) is 1.33. The average Bonchev–Trinajstić information content (AvgIpc) is 3.22. The van der Waals surface area contributed by atoms with Gasteiger partial charge in [-0.15, -0.1) is 11.8 Å². The zero-order chi connectivity index (χ0) is 22.1. The number of esters is 1. The molecule has 1 heterocycles. The fraction of sp³-hybridized carbons (Fsp3) is 0.261. The van der Waals surface area contributed by atoms with Crippen LogP contribution in [0, 0.1) is 0 Å². The van der Waals surface area contributed by atoms with Crippen molar-refractivity contribution in [3.8, 4) is 17.0 Å². The first-order chi connectivity index (χ1) is 15.1. The molecule has 2 aromatic carbocycles. The molecular formula is C23H24N2O4S2. The molecule has 0 saturated heterocycles. The van der Waals surface area contributed by atoms with Gasteiger partial charge in [0.15, 0.2) is 5.13 Å². The molecule has 0 aliphatic heterocycles. The Balaban J connectivity index is 1.57. The van der Waals surface area contributed by atoms with E-state index in [0.717, 1.165) is 39.7 Å². The van der Waals surface area contributed by atoms with Crippen LogP contribution in [-0.4, -0.2) is 36.3 Å². The maximum absolute atomic E-state index is 12.4. The first-order valence-electron chi connectivity index (χ1n) is 9.90. The Labute approximate surface area is 190 Å². The van der Waals surface area contributed by atoms with Gasteiger partial charge in [-0.25, -0.2) is 9.78 Å². The maximum Gasteiger partial charge on any atom is 0.350 e. The van der Waals surface area contributed by atoms with E-state index in [1.165, 1.54) is 0 Å². The van der Waals surface area contributed by atoms with Gasteiger partial charge < -0.3 is 14.8 Å². The predicted octanol–water partition coefficient (Wildman–Crippen LogP) is 5.51. The third-order valence-corrected chi connectivity index (χ3v) is 6.31. The fourth-order valence-electron chi connectivity index (χ4n) is 2.78. The third-order valence-electron chi connectivity index (χ3n) is 4.26. The third kappa shape index (κ3) is 6.57. The topological polar surface area (TPSA) is 77.5 Å². The summed E-state index contributed by atoms with van der Waals surface area (Å²) in [6, 6.07) is 17.2. The van der Waals surface area contributed by atoms with Crippen LogP contribution in [0.25, 0.3) is 11.3 Å². The van der Waals surface area contributed by atoms with Crippen LogP contribution < -0.4 is 10.1 Å². The number of ether oxygens (including phenoxy) is 2. The zero-order valence-corrected chi connectivity index (χ0v) is 19.1. The number of methoxy groups -OCH3 is 1. The summed E-state index contributed by atoms with van der Waals surface area (Å²) in [6.45, 7) is 2.03. The van der Waals surface area contributed by atoms with E-state index in [9.17, 15) is 9.59 Å². The summed E-state index contributed by atoms with van der Waals surface area (Å²) in [5, 5.41) is 3.22. The molecule has 1 aromatic heterocycles. The van der Waals surface area contributed by atoms with Crippen molar-refractivity contribution in [2.75, 3.05) is 24.8 Å². The highest BCUT2D eigenvalue weighted by atomic mass is 32.2. The second-order valence-corrected chi connectivity index (χ2v) is 8.63. The van der Waals surface area contributed by atoms with Crippen LogP contribution in [0.2, 0.25) is 0 Å². The Kier molecular flexibility index (Phi) is 8.49. The minimum absolute atomic E-state index is 0.126. The highest BCUT2D eigenvalue weighted by molar-refractivity contribution is 7.99. The minimum Gasteiger partial charge on any atom is -0.497 e. The molecule has 31 heavy (non-hydrogen) atoms. The largest absolute Gasteiger partial charge is 0.497 e. The van der Waals surface area contributed by atoms with Crippen LogP contribution in [0.3, 0.4) is 0 Å². The summed E-state index contributed by atoms with van der Waals surface area (Å²) in [4.78, 5) is 30.7. The molecule has 8 heteroatoms. The number of thiazole rings is 1. The summed E-state index contributed by atoms with van der Waals surface area (Å²) in [5.74, 6) is 1.08. The molecule has 0 radical (unpaired) electrons. The van der Waals surface area contributed by atoms with Crippen molar-refractivity contribution >= 4 is 40.1 Å². The van der Waals surface area contributed by atoms with Crippen molar-refractivity contribution in [3.63, 3.8) is 0 Å². The fourth-order valence-corrected chi connectivity index (χ4v) is 4.53. The highest BCUT2D eigenvalue weighted by Crippen LogP contribution is 2.32. The Morgan fingerprint density at radius 1 is 1.10 bits per heavy atom. The van der Waals surface area contributed by atoms with Gasteiger partial charge in [0.05, 0.1) is 19.4 Å². The molecule has 3 aromatic rings. The van der Waals surface area contributed by atoms with E-state index in [1.54, 1.807) is 25.8 Å². The Hall–Kier alpha value is -2.84. The van der Waals surface area contributed by atoms with Crippen molar-refractivity contribution in [2.24, 2.45) is 0 Å². The number of rotatable bonds is 10. The number of thioether (sulfide) groups is 1. The lowest BCUT2D eigenvalue weighted by atomic mass is 10.1. The molecule has 0 bridgehead atoms. The lowest BCUT2D eigenvalue weighted by Gasteiger charge is -2.04. The van der Waals surface area contributed by atoms with Crippen LogP contribution in [-0.2, 0) is 9.53 Å². The molecule has 0 spiro atoms. The van der Waals surface area contributed by atoms with E-state index in [-0.39, 0.29) is 12.5 Å². The Morgan fingerprint density at radius 2 is 1.84 bits per heavy atom. The monoisotopic (exact) mass is 456 g/mol. The van der Waals surface area contributed by atoms with Gasteiger partial charge in [-0.05, 0) is 43.4 Å². The van der Waals surface area contributed by atoms with Gasteiger partial charge >= 0.3 is 5.97 Å². The molecule has 0 aliphatic rings. The summed E-state index contributed by atoms with van der Waals surface area (Å²) in [6.07, 6.45) is 1.10. The van der Waals surface area contributed by atoms with E-state index >= 15 is 0 Å². The molecule has 0 aliphatic carbocycles. The van der Waals surface area contributed by atoms with Gasteiger partial charge in [0.2, 0.25) is 5.91 Å². The summed E-state index contributed by atoms with van der Waals surface area (Å²) >= 11 is 2.83. The number of benzene rings is 2. The first-order valence-corrected chi connectivity index (χ1v) is 11.7. The Bertz CT molecular complexity index is 1000. The van der Waals surface area contributed by atoms with Crippen LogP contribution in [0.4, 0.5) is 5.13 Å². The number of nitrogens with zero attached hydrogens (tertiary/aromatic N) is 1. The lowest BCUT2D eigenvalue weighted by Crippen LogP contribution is -2.11. The number of carbonyl (C=O) groups is 2. The van der Waals surface area contributed by atoms with E-state index in [0.29, 0.717) is 22.1 Å². The molecule has 1 amide bonds. The average molecular weight is 457 g/mol. The molecule has 0 atom stereocenters. The van der Waals surface area contributed by atoms with Crippen molar-refractivity contribution < 1.29 is 19.1 Å². The van der Waals surface area contributed by atoms with Gasteiger partial charge in [-0.1, -0.05) is 41.7 Å². The van der Waals surface area contributed by atoms with Crippen molar-refractivity contribution in [1.29, 1.82) is 0 Å². The zero-order valence-electron chi connectivity index (χ0n) is 17.4. The van der Waals surface area contributed by atoms with Crippen LogP contribution in [0.1, 0.15) is 29.4 Å². The van der Waals surface area contributed by atoms with Gasteiger partial charge in [-0.3, -0.25) is 4.79 Å². The van der Waals surface area contributed by atoms with Crippen molar-refractivity contribution in [1.82, 2.24) is 4.98 Å². The molecule has 1 N–H and O–H groups in total. The Morgan fingerprint density at radius 3 is 2.52 bits per heavy atom. The number of nitrogens with one attached hydrogen (secondary N) is 1. The van der Waals surface area contributed by atoms with E-state index in [2.05, 4.69) is 10.3 Å². The van der Waals surface area contributed by atoms with Crippen LogP contribution in [0.15, 0.2) is 59.5 Å². The van der Waals surface area contributed by atoms with Gasteiger partial charge in [0.1, 0.15) is 10.6 Å². The van der Waals surface area contributed by atoms with Gasteiger partial charge in [0, 0.05) is 16.9 Å². The summed E-state index contributed by atoms with van der Waals surface area (Å²) in [7, 11) is 1.64. The van der Waals surface area contributed by atoms with E-state index in [4.69, 9.17) is 9.47 Å². The number of carbonyl (C=O) groups excluding carboxylic acids is 2. The van der Waals surface area contributed by atoms with Crippen molar-refractivity contribution in [3.05, 3.63) is 59.5 Å². The van der Waals surface area contributed by atoms with Gasteiger partial charge in [-0.2, -0.15) is 0 Å². The number of aromatic nitrogens is 1. The number of amides is 1. The molecule has 162 valence electrons. The molecule has 0 fully saturated rings. The smallest absolute Gasteiger partial charge is 0.350 e. The van der Waals surface area contributed by atoms with E-state index < -0.39 is 5.97 Å². The SMILES string of the molecule is CCOC(=O)c1sc(NC(=O)CCCSc2ccc(OC)cc2)nc1-c1ccccc1.